The van der Waals surface area contributed by atoms with Gasteiger partial charge in [0.15, 0.2) is 0 Å². The number of aryl methyl sites for hydroxylation is 2. The van der Waals surface area contributed by atoms with Crippen molar-refractivity contribution in [2.75, 3.05) is 5.32 Å². The van der Waals surface area contributed by atoms with Crippen LogP contribution >= 0.6 is 11.3 Å². The lowest BCUT2D eigenvalue weighted by Crippen LogP contribution is -2.08. The molecule has 1 N–H and O–H groups in total. The zero-order chi connectivity index (χ0) is 16.9. The Hall–Kier alpha value is -2.65. The van der Waals surface area contributed by atoms with Gasteiger partial charge in [-0.05, 0) is 49.2 Å². The van der Waals surface area contributed by atoms with E-state index in [2.05, 4.69) is 29.6 Å². The van der Waals surface area contributed by atoms with E-state index in [4.69, 9.17) is 0 Å². The molecule has 3 heteroatoms. The summed E-state index contributed by atoms with van der Waals surface area (Å²) in [6.45, 7) is 4.04. The maximum atomic E-state index is 12.1. The number of anilines is 1. The molecule has 0 unspecified atom stereocenters. The van der Waals surface area contributed by atoms with Crippen LogP contribution in [-0.2, 0) is 4.79 Å². The predicted molar refractivity (Wildman–Crippen MR) is 103 cm³/mol. The number of rotatable bonds is 4. The van der Waals surface area contributed by atoms with Gasteiger partial charge in [-0.3, -0.25) is 4.79 Å². The molecule has 0 saturated carbocycles. The van der Waals surface area contributed by atoms with Gasteiger partial charge >= 0.3 is 0 Å². The van der Waals surface area contributed by atoms with Crippen LogP contribution in [0.25, 0.3) is 16.5 Å². The third kappa shape index (κ3) is 4.00. The summed E-state index contributed by atoms with van der Waals surface area (Å²) in [5.41, 5.74) is 4.31. The van der Waals surface area contributed by atoms with Crippen molar-refractivity contribution < 1.29 is 4.79 Å². The van der Waals surface area contributed by atoms with E-state index in [0.29, 0.717) is 0 Å². The van der Waals surface area contributed by atoms with Gasteiger partial charge in [0.25, 0.3) is 0 Å². The van der Waals surface area contributed by atoms with Gasteiger partial charge in [-0.2, -0.15) is 0 Å². The maximum Gasteiger partial charge on any atom is 0.248 e. The highest BCUT2D eigenvalue weighted by Crippen LogP contribution is 2.28. The SMILES string of the molecule is Cc1ccc(NC(=O)/C=C/c2ccc(-c3ccccc3)s2)c(C)c1. The van der Waals surface area contributed by atoms with Crippen molar-refractivity contribution in [3.05, 3.63) is 82.7 Å². The fourth-order valence-electron chi connectivity index (χ4n) is 2.49. The van der Waals surface area contributed by atoms with Crippen LogP contribution in [0.15, 0.2) is 66.7 Å². The molecule has 2 nitrogen and oxygen atoms in total. The van der Waals surface area contributed by atoms with Crippen LogP contribution in [0.2, 0.25) is 0 Å². The van der Waals surface area contributed by atoms with Gasteiger partial charge in [0.1, 0.15) is 0 Å². The second-order valence-electron chi connectivity index (χ2n) is 5.71. The molecule has 1 amide bonds. The van der Waals surface area contributed by atoms with Crippen molar-refractivity contribution in [3.63, 3.8) is 0 Å². The van der Waals surface area contributed by atoms with Crippen molar-refractivity contribution in [1.82, 2.24) is 0 Å². The normalized spacial score (nSPS) is 10.9. The smallest absolute Gasteiger partial charge is 0.248 e. The highest BCUT2D eigenvalue weighted by Gasteiger charge is 2.03. The number of nitrogens with one attached hydrogen (secondary N) is 1. The quantitative estimate of drug-likeness (QED) is 0.611. The van der Waals surface area contributed by atoms with E-state index in [1.807, 2.05) is 56.3 Å². The van der Waals surface area contributed by atoms with E-state index in [9.17, 15) is 4.79 Å². The molecule has 0 aliphatic carbocycles. The molecule has 3 rings (SSSR count). The largest absolute Gasteiger partial charge is 0.322 e. The van der Waals surface area contributed by atoms with Crippen LogP contribution in [0.5, 0.6) is 0 Å². The Balaban J connectivity index is 1.67. The number of amides is 1. The fraction of sp³-hybridized carbons (Fsp3) is 0.0952. The molecule has 120 valence electrons. The van der Waals surface area contributed by atoms with Gasteiger partial charge in [0, 0.05) is 21.5 Å². The lowest BCUT2D eigenvalue weighted by molar-refractivity contribution is -0.111. The first-order valence-electron chi connectivity index (χ1n) is 7.83. The lowest BCUT2D eigenvalue weighted by Gasteiger charge is -2.06. The summed E-state index contributed by atoms with van der Waals surface area (Å²) >= 11 is 1.67. The van der Waals surface area contributed by atoms with E-state index in [-0.39, 0.29) is 5.91 Å². The lowest BCUT2D eigenvalue weighted by atomic mass is 10.1. The molecule has 2 aromatic carbocycles. The second-order valence-corrected chi connectivity index (χ2v) is 6.82. The number of carbonyl (C=O) groups excluding carboxylic acids is 1. The van der Waals surface area contributed by atoms with Gasteiger partial charge in [0.2, 0.25) is 5.91 Å². The van der Waals surface area contributed by atoms with Crippen LogP contribution < -0.4 is 5.32 Å². The molecular weight excluding hydrogens is 314 g/mol. The third-order valence-corrected chi connectivity index (χ3v) is 4.82. The summed E-state index contributed by atoms with van der Waals surface area (Å²) < 4.78 is 0. The van der Waals surface area contributed by atoms with Crippen LogP contribution in [0.4, 0.5) is 5.69 Å². The Kier molecular flexibility index (Phi) is 4.92. The highest BCUT2D eigenvalue weighted by atomic mass is 32.1. The van der Waals surface area contributed by atoms with E-state index in [0.717, 1.165) is 16.1 Å². The number of hydrogen-bond donors (Lipinski definition) is 1. The average molecular weight is 333 g/mol. The van der Waals surface area contributed by atoms with Crippen molar-refractivity contribution in [2.45, 2.75) is 13.8 Å². The molecule has 0 radical (unpaired) electrons. The van der Waals surface area contributed by atoms with Crippen LogP contribution in [-0.4, -0.2) is 5.91 Å². The van der Waals surface area contributed by atoms with Crippen molar-refractivity contribution >= 4 is 29.0 Å². The standard InChI is InChI=1S/C21H19NOS/c1-15-8-11-19(16(2)14-15)22-21(23)13-10-18-9-12-20(24-18)17-6-4-3-5-7-17/h3-14H,1-2H3,(H,22,23)/b13-10+. The zero-order valence-electron chi connectivity index (χ0n) is 13.7. The summed E-state index contributed by atoms with van der Waals surface area (Å²) in [5.74, 6) is -0.114. The van der Waals surface area contributed by atoms with Crippen LogP contribution in [0.3, 0.4) is 0 Å². The number of carbonyl (C=O) groups is 1. The summed E-state index contributed by atoms with van der Waals surface area (Å²) in [6.07, 6.45) is 3.44. The molecule has 0 saturated heterocycles. The molecule has 0 atom stereocenters. The molecule has 24 heavy (non-hydrogen) atoms. The Morgan fingerprint density at radius 1 is 1.00 bits per heavy atom. The minimum Gasteiger partial charge on any atom is -0.322 e. The third-order valence-electron chi connectivity index (χ3n) is 3.72. The maximum absolute atomic E-state index is 12.1. The van der Waals surface area contributed by atoms with Crippen molar-refractivity contribution in [2.24, 2.45) is 0 Å². The molecule has 0 bridgehead atoms. The Labute approximate surface area is 146 Å². The first kappa shape index (κ1) is 16.2. The van der Waals surface area contributed by atoms with Gasteiger partial charge in [-0.15, -0.1) is 11.3 Å². The average Bonchev–Trinajstić information content (AvgIpc) is 3.05. The van der Waals surface area contributed by atoms with E-state index in [1.54, 1.807) is 17.4 Å². The minimum atomic E-state index is -0.114. The van der Waals surface area contributed by atoms with Gasteiger partial charge < -0.3 is 5.32 Å². The molecular formula is C21H19NOS. The zero-order valence-corrected chi connectivity index (χ0v) is 14.6. The Morgan fingerprint density at radius 2 is 1.79 bits per heavy atom. The molecule has 0 aliphatic rings. The van der Waals surface area contributed by atoms with Gasteiger partial charge in [-0.25, -0.2) is 0 Å². The van der Waals surface area contributed by atoms with E-state index >= 15 is 0 Å². The summed E-state index contributed by atoms with van der Waals surface area (Å²) in [4.78, 5) is 14.4. The minimum absolute atomic E-state index is 0.114. The van der Waals surface area contributed by atoms with E-state index < -0.39 is 0 Å². The fourth-order valence-corrected chi connectivity index (χ4v) is 3.40. The van der Waals surface area contributed by atoms with E-state index in [1.165, 1.54) is 16.0 Å². The number of hydrogen-bond acceptors (Lipinski definition) is 2. The number of benzene rings is 2. The number of thiophene rings is 1. The molecule has 3 aromatic rings. The second kappa shape index (κ2) is 7.28. The monoisotopic (exact) mass is 333 g/mol. The molecule has 1 aromatic heterocycles. The summed E-state index contributed by atoms with van der Waals surface area (Å²) in [7, 11) is 0. The molecule has 0 fully saturated rings. The molecule has 1 heterocycles. The Bertz CT molecular complexity index is 878. The van der Waals surface area contributed by atoms with Crippen molar-refractivity contribution in [1.29, 1.82) is 0 Å². The first-order chi connectivity index (χ1) is 11.6. The first-order valence-corrected chi connectivity index (χ1v) is 8.65. The summed E-state index contributed by atoms with van der Waals surface area (Å²) in [6, 6.07) is 20.4. The van der Waals surface area contributed by atoms with Crippen LogP contribution in [0, 0.1) is 13.8 Å². The highest BCUT2D eigenvalue weighted by molar-refractivity contribution is 7.16. The van der Waals surface area contributed by atoms with Crippen molar-refractivity contribution in [3.8, 4) is 10.4 Å². The Morgan fingerprint density at radius 3 is 2.54 bits per heavy atom. The predicted octanol–water partition coefficient (Wildman–Crippen LogP) is 5.68. The molecule has 0 aliphatic heterocycles. The van der Waals surface area contributed by atoms with Gasteiger partial charge in [0.05, 0.1) is 0 Å². The topological polar surface area (TPSA) is 29.1 Å². The molecule has 0 spiro atoms. The van der Waals surface area contributed by atoms with Gasteiger partial charge in [-0.1, -0.05) is 48.0 Å². The summed E-state index contributed by atoms with van der Waals surface area (Å²) in [5, 5.41) is 2.93. The van der Waals surface area contributed by atoms with Crippen LogP contribution in [0.1, 0.15) is 16.0 Å².